The number of aryl methyl sites for hydroxylation is 1. The predicted octanol–water partition coefficient (Wildman–Crippen LogP) is 5.39. The van der Waals surface area contributed by atoms with E-state index in [0.717, 1.165) is 17.8 Å². The Morgan fingerprint density at radius 2 is 1.84 bits per heavy atom. The first kappa shape index (κ1) is 21.3. The van der Waals surface area contributed by atoms with Crippen molar-refractivity contribution >= 4 is 32.4 Å². The Bertz CT molecular complexity index is 1470. The van der Waals surface area contributed by atoms with Gasteiger partial charge in [-0.05, 0) is 42.0 Å². The zero-order chi connectivity index (χ0) is 22.3. The smallest absolute Gasteiger partial charge is 0.274 e. The van der Waals surface area contributed by atoms with E-state index >= 15 is 0 Å². The molecule has 0 saturated carbocycles. The summed E-state index contributed by atoms with van der Waals surface area (Å²) in [6.45, 7) is 1.68. The van der Waals surface area contributed by atoms with E-state index in [1.54, 1.807) is 50.6 Å². The van der Waals surface area contributed by atoms with Crippen molar-refractivity contribution in [2.24, 2.45) is 7.05 Å². The number of nitrogens with one attached hydrogen (secondary N) is 2. The summed E-state index contributed by atoms with van der Waals surface area (Å²) in [5.41, 5.74) is 1.50. The maximum Gasteiger partial charge on any atom is 0.274 e. The maximum absolute atomic E-state index is 14.3. The van der Waals surface area contributed by atoms with Gasteiger partial charge in [0.15, 0.2) is 0 Å². The van der Waals surface area contributed by atoms with Crippen LogP contribution in [0.1, 0.15) is 6.92 Å². The summed E-state index contributed by atoms with van der Waals surface area (Å²) in [6.07, 6.45) is 3.33. The van der Waals surface area contributed by atoms with Crippen molar-refractivity contribution < 1.29 is 13.0 Å². The summed E-state index contributed by atoms with van der Waals surface area (Å²) < 4.78 is 50.0. The molecule has 5 nitrogen and oxygen atoms in total. The van der Waals surface area contributed by atoms with E-state index in [9.17, 15) is 17.8 Å². The summed E-state index contributed by atoms with van der Waals surface area (Å²) in [4.78, 5) is 16.6. The van der Waals surface area contributed by atoms with Gasteiger partial charge in [-0.3, -0.25) is 4.79 Å². The van der Waals surface area contributed by atoms with Crippen LogP contribution in [0.25, 0.3) is 22.0 Å². The maximum atomic E-state index is 14.3. The van der Waals surface area contributed by atoms with Crippen LogP contribution < -0.4 is 5.56 Å². The van der Waals surface area contributed by atoms with E-state index < -0.39 is 21.4 Å². The third kappa shape index (κ3) is 3.90. The highest BCUT2D eigenvalue weighted by Gasteiger charge is 2.18. The van der Waals surface area contributed by atoms with E-state index in [1.807, 2.05) is 0 Å². The first-order valence-corrected chi connectivity index (χ1v) is 12.0. The topological polar surface area (TPSA) is 78.7 Å². The number of hydrogen-bond donors (Lipinski definition) is 2. The van der Waals surface area contributed by atoms with E-state index in [1.165, 1.54) is 16.7 Å². The Balaban J connectivity index is 1.99. The van der Waals surface area contributed by atoms with Crippen LogP contribution >= 0.6 is 11.8 Å². The Hall–Kier alpha value is -2.91. The molecule has 31 heavy (non-hydrogen) atoms. The normalized spacial score (nSPS) is 13.4. The molecule has 0 amide bonds. The molecule has 0 radical (unpaired) electrons. The molecule has 1 atom stereocenters. The van der Waals surface area contributed by atoms with Crippen LogP contribution in [0.15, 0.2) is 74.3 Å². The standard InChI is InChI=1S/C22H19F2N3O2S2/c1-3-31(25,29)14-5-7-19(30-20-6-4-13(23)10-18(20)24)16(11-14)17-12-27(2)22(28)21-15(17)8-9-26-21/h4-12,25-26H,3H2,1-2H3. The largest absolute Gasteiger partial charge is 0.357 e. The van der Waals surface area contributed by atoms with Gasteiger partial charge in [0.05, 0.1) is 9.73 Å². The van der Waals surface area contributed by atoms with Crippen LogP contribution in [0.4, 0.5) is 8.78 Å². The summed E-state index contributed by atoms with van der Waals surface area (Å²) in [6, 6.07) is 10.1. The van der Waals surface area contributed by atoms with Gasteiger partial charge in [-0.15, -0.1) is 0 Å². The lowest BCUT2D eigenvalue weighted by Gasteiger charge is -2.15. The molecule has 2 heterocycles. The van der Waals surface area contributed by atoms with Crippen molar-refractivity contribution in [3.63, 3.8) is 0 Å². The molecule has 0 bridgehead atoms. The number of aromatic amines is 1. The fourth-order valence-electron chi connectivity index (χ4n) is 3.34. The highest BCUT2D eigenvalue weighted by molar-refractivity contribution is 7.99. The van der Waals surface area contributed by atoms with Gasteiger partial charge >= 0.3 is 0 Å². The highest BCUT2D eigenvalue weighted by atomic mass is 32.2. The van der Waals surface area contributed by atoms with Crippen molar-refractivity contribution in [1.82, 2.24) is 9.55 Å². The average Bonchev–Trinajstić information content (AvgIpc) is 3.23. The lowest BCUT2D eigenvalue weighted by molar-refractivity contribution is 0.565. The van der Waals surface area contributed by atoms with Gasteiger partial charge in [0.1, 0.15) is 17.2 Å². The van der Waals surface area contributed by atoms with Crippen molar-refractivity contribution in [3.05, 3.63) is 76.8 Å². The molecule has 0 aliphatic heterocycles. The Labute approximate surface area is 182 Å². The molecule has 0 fully saturated rings. The monoisotopic (exact) mass is 459 g/mol. The second-order valence-corrected chi connectivity index (χ2v) is 10.5. The molecule has 0 spiro atoms. The van der Waals surface area contributed by atoms with Crippen LogP contribution in [0.5, 0.6) is 0 Å². The van der Waals surface area contributed by atoms with Crippen molar-refractivity contribution in [1.29, 1.82) is 4.78 Å². The molecule has 0 saturated heterocycles. The second-order valence-electron chi connectivity index (χ2n) is 7.02. The quantitative estimate of drug-likeness (QED) is 0.420. The lowest BCUT2D eigenvalue weighted by atomic mass is 10.0. The number of H-pyrrole nitrogens is 1. The first-order chi connectivity index (χ1) is 14.7. The first-order valence-electron chi connectivity index (χ1n) is 9.42. The molecule has 9 heteroatoms. The van der Waals surface area contributed by atoms with E-state index in [2.05, 4.69) is 4.98 Å². The molecule has 160 valence electrons. The predicted molar refractivity (Wildman–Crippen MR) is 119 cm³/mol. The van der Waals surface area contributed by atoms with Gasteiger partial charge < -0.3 is 9.55 Å². The number of hydrogen-bond acceptors (Lipinski definition) is 4. The lowest BCUT2D eigenvalue weighted by Crippen LogP contribution is -2.16. The Kier molecular flexibility index (Phi) is 5.49. The van der Waals surface area contributed by atoms with Crippen molar-refractivity contribution in [3.8, 4) is 11.1 Å². The SMILES string of the molecule is CCS(=N)(=O)c1ccc(Sc2ccc(F)cc2F)c(-c2cn(C)c(=O)c3[nH]ccc23)c1. The van der Waals surface area contributed by atoms with E-state index in [4.69, 9.17) is 4.78 Å². The van der Waals surface area contributed by atoms with Gasteiger partial charge in [-0.25, -0.2) is 17.8 Å². The zero-order valence-electron chi connectivity index (χ0n) is 16.7. The van der Waals surface area contributed by atoms with Gasteiger partial charge in [0.25, 0.3) is 5.56 Å². The van der Waals surface area contributed by atoms with Gasteiger partial charge in [-0.1, -0.05) is 18.7 Å². The minimum atomic E-state index is -3.00. The molecule has 2 N–H and O–H groups in total. The number of halogens is 2. The van der Waals surface area contributed by atoms with Crippen LogP contribution in [0.3, 0.4) is 0 Å². The summed E-state index contributed by atoms with van der Waals surface area (Å²) in [7, 11) is -1.37. The van der Waals surface area contributed by atoms with Gasteiger partial charge in [-0.2, -0.15) is 0 Å². The fraction of sp³-hybridized carbons (Fsp3) is 0.136. The van der Waals surface area contributed by atoms with Gasteiger partial charge in [0, 0.05) is 56.9 Å². The summed E-state index contributed by atoms with van der Waals surface area (Å²) in [5, 5.41) is 0.662. The molecule has 2 aromatic carbocycles. The molecule has 0 aliphatic carbocycles. The summed E-state index contributed by atoms with van der Waals surface area (Å²) >= 11 is 1.10. The van der Waals surface area contributed by atoms with Crippen molar-refractivity contribution in [2.45, 2.75) is 21.6 Å². The average molecular weight is 460 g/mol. The molecule has 2 aromatic heterocycles. The minimum Gasteiger partial charge on any atom is -0.357 e. The molecule has 0 aliphatic rings. The number of rotatable bonds is 5. The minimum absolute atomic E-state index is 0.151. The zero-order valence-corrected chi connectivity index (χ0v) is 18.4. The molecule has 4 aromatic rings. The van der Waals surface area contributed by atoms with Crippen LogP contribution in [-0.2, 0) is 16.8 Å². The summed E-state index contributed by atoms with van der Waals surface area (Å²) in [5.74, 6) is -1.20. The Morgan fingerprint density at radius 3 is 2.55 bits per heavy atom. The molecular weight excluding hydrogens is 440 g/mol. The third-order valence-electron chi connectivity index (χ3n) is 5.04. The second kappa shape index (κ2) is 7.97. The van der Waals surface area contributed by atoms with Crippen LogP contribution in [0, 0.1) is 16.4 Å². The van der Waals surface area contributed by atoms with E-state index in [-0.39, 0.29) is 16.2 Å². The number of aromatic nitrogens is 2. The van der Waals surface area contributed by atoms with Gasteiger partial charge in [0.2, 0.25) is 0 Å². The highest BCUT2D eigenvalue weighted by Crippen LogP contribution is 2.40. The number of nitrogens with zero attached hydrogens (tertiary/aromatic N) is 1. The number of pyridine rings is 1. The van der Waals surface area contributed by atoms with Crippen molar-refractivity contribution in [2.75, 3.05) is 5.75 Å². The third-order valence-corrected chi connectivity index (χ3v) is 7.99. The molecular formula is C22H19F2N3O2S2. The van der Waals surface area contributed by atoms with Crippen LogP contribution in [0.2, 0.25) is 0 Å². The van der Waals surface area contributed by atoms with Crippen LogP contribution in [-0.4, -0.2) is 19.5 Å². The number of fused-ring (bicyclic) bond motifs is 1. The van der Waals surface area contributed by atoms with E-state index in [0.29, 0.717) is 31.8 Å². The number of benzene rings is 2. The molecule has 1 unspecified atom stereocenters. The fourth-order valence-corrected chi connectivity index (χ4v) is 5.21. The molecule has 4 rings (SSSR count). The Morgan fingerprint density at radius 1 is 1.10 bits per heavy atom.